The van der Waals surface area contributed by atoms with Crippen molar-refractivity contribution in [1.82, 2.24) is 5.32 Å². The van der Waals surface area contributed by atoms with Crippen LogP contribution in [0.1, 0.15) is 11.0 Å². The molecule has 0 saturated heterocycles. The van der Waals surface area contributed by atoms with Crippen LogP contribution in [0.5, 0.6) is 0 Å². The Labute approximate surface area is 120 Å². The zero-order chi connectivity index (χ0) is 14.4. The summed E-state index contributed by atoms with van der Waals surface area (Å²) in [7, 11) is 0. The maximum absolute atomic E-state index is 11.6. The Balaban J connectivity index is 1.81. The molecular formula is C14H14N2O3S. The third kappa shape index (κ3) is 3.91. The van der Waals surface area contributed by atoms with Crippen molar-refractivity contribution in [3.8, 4) is 0 Å². The average molecular weight is 290 g/mol. The minimum absolute atomic E-state index is 0.00154. The highest BCUT2D eigenvalue weighted by molar-refractivity contribution is 7.10. The van der Waals surface area contributed by atoms with Gasteiger partial charge in [0.15, 0.2) is 0 Å². The summed E-state index contributed by atoms with van der Waals surface area (Å²) < 4.78 is 0. The molecule has 6 heteroatoms. The molecule has 1 atom stereocenters. The molecule has 1 aromatic carbocycles. The lowest BCUT2D eigenvalue weighted by atomic mass is 10.3. The molecule has 20 heavy (non-hydrogen) atoms. The molecule has 0 unspecified atom stereocenters. The van der Waals surface area contributed by atoms with Crippen molar-refractivity contribution < 1.29 is 14.7 Å². The van der Waals surface area contributed by atoms with Crippen LogP contribution in [0.3, 0.4) is 0 Å². The molecular weight excluding hydrogens is 276 g/mol. The Morgan fingerprint density at radius 3 is 2.50 bits per heavy atom. The van der Waals surface area contributed by atoms with Crippen molar-refractivity contribution in [1.29, 1.82) is 0 Å². The van der Waals surface area contributed by atoms with E-state index in [0.717, 1.165) is 4.88 Å². The normalized spacial score (nSPS) is 11.7. The lowest BCUT2D eigenvalue weighted by Gasteiger charge is -2.10. The number of para-hydroxylation sites is 1. The van der Waals surface area contributed by atoms with Gasteiger partial charge in [0.1, 0.15) is 6.10 Å². The second kappa shape index (κ2) is 6.83. The molecule has 0 bridgehead atoms. The molecule has 0 saturated carbocycles. The first kappa shape index (κ1) is 14.2. The molecule has 0 aliphatic heterocycles. The van der Waals surface area contributed by atoms with E-state index in [-0.39, 0.29) is 6.54 Å². The molecule has 2 amide bonds. The van der Waals surface area contributed by atoms with Crippen LogP contribution < -0.4 is 10.6 Å². The van der Waals surface area contributed by atoms with Gasteiger partial charge in [-0.15, -0.1) is 11.3 Å². The first-order valence-electron chi connectivity index (χ1n) is 6.02. The van der Waals surface area contributed by atoms with Gasteiger partial charge in [-0.2, -0.15) is 0 Å². The Kier molecular flexibility index (Phi) is 4.86. The number of benzene rings is 1. The van der Waals surface area contributed by atoms with Crippen LogP contribution in [0.4, 0.5) is 5.69 Å². The van der Waals surface area contributed by atoms with Crippen LogP contribution >= 0.6 is 11.3 Å². The van der Waals surface area contributed by atoms with Gasteiger partial charge in [0.25, 0.3) is 0 Å². The van der Waals surface area contributed by atoms with E-state index in [2.05, 4.69) is 10.6 Å². The third-order valence-electron chi connectivity index (χ3n) is 2.57. The summed E-state index contributed by atoms with van der Waals surface area (Å²) in [5.74, 6) is -1.53. The first-order chi connectivity index (χ1) is 9.66. The van der Waals surface area contributed by atoms with Gasteiger partial charge in [-0.3, -0.25) is 9.59 Å². The number of hydrogen-bond donors (Lipinski definition) is 3. The van der Waals surface area contributed by atoms with Gasteiger partial charge >= 0.3 is 11.8 Å². The molecule has 2 aromatic rings. The summed E-state index contributed by atoms with van der Waals surface area (Å²) in [6.45, 7) is 0.00154. The van der Waals surface area contributed by atoms with E-state index in [1.807, 2.05) is 17.5 Å². The smallest absolute Gasteiger partial charge is 0.313 e. The largest absolute Gasteiger partial charge is 0.386 e. The number of anilines is 1. The second-order valence-electron chi connectivity index (χ2n) is 4.06. The maximum atomic E-state index is 11.6. The van der Waals surface area contributed by atoms with Gasteiger partial charge in [0.2, 0.25) is 0 Å². The predicted molar refractivity (Wildman–Crippen MR) is 77.4 cm³/mol. The molecule has 0 fully saturated rings. The number of carbonyl (C=O) groups excluding carboxylic acids is 2. The molecule has 0 radical (unpaired) electrons. The average Bonchev–Trinajstić information content (AvgIpc) is 2.99. The highest BCUT2D eigenvalue weighted by Gasteiger charge is 2.16. The molecule has 0 aliphatic carbocycles. The van der Waals surface area contributed by atoms with Crippen molar-refractivity contribution >= 4 is 28.8 Å². The third-order valence-corrected chi connectivity index (χ3v) is 3.54. The summed E-state index contributed by atoms with van der Waals surface area (Å²) in [4.78, 5) is 23.9. The topological polar surface area (TPSA) is 78.4 Å². The lowest BCUT2D eigenvalue weighted by molar-refractivity contribution is -0.136. The molecule has 104 valence electrons. The van der Waals surface area contributed by atoms with E-state index in [4.69, 9.17) is 0 Å². The number of nitrogens with one attached hydrogen (secondary N) is 2. The van der Waals surface area contributed by atoms with E-state index < -0.39 is 17.9 Å². The summed E-state index contributed by atoms with van der Waals surface area (Å²) in [6.07, 6.45) is -0.802. The number of aliphatic hydroxyl groups excluding tert-OH is 1. The van der Waals surface area contributed by atoms with Crippen LogP contribution in [-0.4, -0.2) is 23.5 Å². The van der Waals surface area contributed by atoms with E-state index in [0.29, 0.717) is 5.69 Å². The van der Waals surface area contributed by atoms with E-state index in [1.54, 1.807) is 30.3 Å². The minimum Gasteiger partial charge on any atom is -0.386 e. The Bertz CT molecular complexity index is 569. The zero-order valence-electron chi connectivity index (χ0n) is 10.6. The molecule has 5 nitrogen and oxygen atoms in total. The molecule has 1 heterocycles. The predicted octanol–water partition coefficient (Wildman–Crippen LogP) is 1.54. The number of hydrogen-bond acceptors (Lipinski definition) is 4. The van der Waals surface area contributed by atoms with Crippen molar-refractivity contribution in [2.75, 3.05) is 11.9 Å². The number of amides is 2. The van der Waals surface area contributed by atoms with Crippen LogP contribution in [0.2, 0.25) is 0 Å². The SMILES string of the molecule is O=C(NC[C@@H](O)c1cccs1)C(=O)Nc1ccccc1. The number of thiophene rings is 1. The standard InChI is InChI=1S/C14H14N2O3S/c17-11(12-7-4-8-20-12)9-15-13(18)14(19)16-10-5-2-1-3-6-10/h1-8,11,17H,9H2,(H,15,18)(H,16,19)/t11-/m1/s1. The summed E-state index contributed by atoms with van der Waals surface area (Å²) in [5.41, 5.74) is 0.548. The van der Waals surface area contributed by atoms with E-state index in [1.165, 1.54) is 11.3 Å². The van der Waals surface area contributed by atoms with E-state index in [9.17, 15) is 14.7 Å². The van der Waals surface area contributed by atoms with Gasteiger partial charge in [0.05, 0.1) is 0 Å². The molecule has 1 aromatic heterocycles. The van der Waals surface area contributed by atoms with Crippen molar-refractivity contribution in [3.05, 3.63) is 52.7 Å². The number of carbonyl (C=O) groups is 2. The fourth-order valence-corrected chi connectivity index (χ4v) is 2.27. The monoisotopic (exact) mass is 290 g/mol. The summed E-state index contributed by atoms with van der Waals surface area (Å²) in [6, 6.07) is 12.3. The highest BCUT2D eigenvalue weighted by atomic mass is 32.1. The van der Waals surface area contributed by atoms with Crippen molar-refractivity contribution in [2.24, 2.45) is 0 Å². The van der Waals surface area contributed by atoms with Crippen LogP contribution in [0.15, 0.2) is 47.8 Å². The van der Waals surface area contributed by atoms with Gasteiger partial charge in [0, 0.05) is 17.1 Å². The Morgan fingerprint density at radius 1 is 1.10 bits per heavy atom. The quantitative estimate of drug-likeness (QED) is 0.747. The number of rotatable bonds is 4. The second-order valence-corrected chi connectivity index (χ2v) is 5.04. The lowest BCUT2D eigenvalue weighted by Crippen LogP contribution is -2.37. The number of aliphatic hydroxyl groups is 1. The zero-order valence-corrected chi connectivity index (χ0v) is 11.4. The van der Waals surface area contributed by atoms with Crippen LogP contribution in [0, 0.1) is 0 Å². The first-order valence-corrected chi connectivity index (χ1v) is 6.90. The Morgan fingerprint density at radius 2 is 1.85 bits per heavy atom. The van der Waals surface area contributed by atoms with Crippen LogP contribution in [0.25, 0.3) is 0 Å². The molecule has 0 spiro atoms. The van der Waals surface area contributed by atoms with Gasteiger partial charge in [-0.05, 0) is 23.6 Å². The molecule has 0 aliphatic rings. The van der Waals surface area contributed by atoms with E-state index >= 15 is 0 Å². The highest BCUT2D eigenvalue weighted by Crippen LogP contribution is 2.17. The van der Waals surface area contributed by atoms with Crippen molar-refractivity contribution in [3.63, 3.8) is 0 Å². The van der Waals surface area contributed by atoms with Gasteiger partial charge in [-0.1, -0.05) is 24.3 Å². The fourth-order valence-electron chi connectivity index (χ4n) is 1.56. The van der Waals surface area contributed by atoms with Gasteiger partial charge < -0.3 is 15.7 Å². The summed E-state index contributed by atoms with van der Waals surface area (Å²) in [5, 5.41) is 16.5. The maximum Gasteiger partial charge on any atom is 0.313 e. The molecule has 3 N–H and O–H groups in total. The van der Waals surface area contributed by atoms with Gasteiger partial charge in [-0.25, -0.2) is 0 Å². The minimum atomic E-state index is -0.802. The summed E-state index contributed by atoms with van der Waals surface area (Å²) >= 11 is 1.39. The molecule has 2 rings (SSSR count). The van der Waals surface area contributed by atoms with Crippen molar-refractivity contribution in [2.45, 2.75) is 6.10 Å². The Hall–Kier alpha value is -2.18. The van der Waals surface area contributed by atoms with Crippen LogP contribution in [-0.2, 0) is 9.59 Å². The fraction of sp³-hybridized carbons (Fsp3) is 0.143.